The van der Waals surface area contributed by atoms with Gasteiger partial charge in [-0.05, 0) is 68.3 Å². The molecule has 3 aliphatic heterocycles. The second kappa shape index (κ2) is 12.6. The Balaban J connectivity index is 1.02. The van der Waals surface area contributed by atoms with E-state index in [2.05, 4.69) is 75.8 Å². The molecule has 2 N–H and O–H groups in total. The van der Waals surface area contributed by atoms with Gasteiger partial charge in [-0.15, -0.1) is 0 Å². The minimum Gasteiger partial charge on any atom is -0.489 e. The molecule has 1 unspecified atom stereocenters. The zero-order chi connectivity index (χ0) is 29.1. The van der Waals surface area contributed by atoms with Gasteiger partial charge in [0.1, 0.15) is 23.5 Å². The van der Waals surface area contributed by atoms with Crippen molar-refractivity contribution >= 4 is 17.1 Å². The standard InChI is InChI=1S/C33H39F2N5O2/c1-23(2)41-33-9-4-3-8-31(33)39-16-14-38(15-17-39)22-27-18-26(37-42-27)21-40-13-12-24-10-11-25(19-32(24)40)36-20-28-29(34)6-5-7-30(28)35/h3-11,18-19,23,27,36-37H,12-17,20-22H2,1-2H3. The van der Waals surface area contributed by atoms with Crippen molar-refractivity contribution in [2.45, 2.75) is 39.0 Å². The van der Waals surface area contributed by atoms with Gasteiger partial charge in [0.25, 0.3) is 0 Å². The SMILES string of the molecule is CC(C)Oc1ccccc1N1CCN(CC2C=C(CN3CCc4ccc(NCc5c(F)cccc5F)cc43)NO2)CC1. The number of nitrogens with zero attached hydrogens (tertiary/aromatic N) is 3. The summed E-state index contributed by atoms with van der Waals surface area (Å²) in [5.74, 6) is -0.132. The molecule has 1 saturated heterocycles. The van der Waals surface area contributed by atoms with Crippen molar-refractivity contribution in [2.75, 3.05) is 60.9 Å². The number of halogens is 2. The third kappa shape index (κ3) is 6.47. The number of hydrogen-bond acceptors (Lipinski definition) is 7. The molecule has 0 aromatic heterocycles. The minimum absolute atomic E-state index is 0.00569. The fraction of sp³-hybridized carbons (Fsp3) is 0.394. The normalized spacial score (nSPS) is 18.7. The lowest BCUT2D eigenvalue weighted by molar-refractivity contribution is 0.0199. The predicted octanol–water partition coefficient (Wildman–Crippen LogP) is 5.34. The first kappa shape index (κ1) is 28.3. The van der Waals surface area contributed by atoms with Gasteiger partial charge in [-0.2, -0.15) is 0 Å². The van der Waals surface area contributed by atoms with E-state index < -0.39 is 11.6 Å². The number of ether oxygens (including phenoxy) is 1. The van der Waals surface area contributed by atoms with Gasteiger partial charge in [-0.3, -0.25) is 15.2 Å². The smallest absolute Gasteiger partial charge is 0.142 e. The van der Waals surface area contributed by atoms with Crippen LogP contribution in [0.4, 0.5) is 25.8 Å². The highest BCUT2D eigenvalue weighted by atomic mass is 19.1. The van der Waals surface area contributed by atoms with E-state index in [0.717, 1.165) is 80.7 Å². The summed E-state index contributed by atoms with van der Waals surface area (Å²) in [5, 5.41) is 3.19. The number of para-hydroxylation sites is 2. The molecule has 0 spiro atoms. The molecule has 0 radical (unpaired) electrons. The molecule has 3 heterocycles. The summed E-state index contributed by atoms with van der Waals surface area (Å²) in [4.78, 5) is 13.1. The van der Waals surface area contributed by atoms with Gasteiger partial charge < -0.3 is 19.9 Å². The summed E-state index contributed by atoms with van der Waals surface area (Å²) in [7, 11) is 0. The number of benzene rings is 3. The largest absolute Gasteiger partial charge is 0.489 e. The van der Waals surface area contributed by atoms with Crippen LogP contribution < -0.4 is 25.3 Å². The first-order valence-electron chi connectivity index (χ1n) is 14.8. The fourth-order valence-corrected chi connectivity index (χ4v) is 5.93. The van der Waals surface area contributed by atoms with Gasteiger partial charge in [0.15, 0.2) is 0 Å². The van der Waals surface area contributed by atoms with Gasteiger partial charge in [0, 0.05) is 62.8 Å². The van der Waals surface area contributed by atoms with Crippen LogP contribution in [-0.2, 0) is 17.8 Å². The van der Waals surface area contributed by atoms with E-state index in [9.17, 15) is 8.78 Å². The molecule has 0 aliphatic carbocycles. The van der Waals surface area contributed by atoms with Crippen LogP contribution in [0.2, 0.25) is 0 Å². The molecule has 1 atom stereocenters. The molecular weight excluding hydrogens is 536 g/mol. The number of anilines is 3. The summed E-state index contributed by atoms with van der Waals surface area (Å²) in [6.07, 6.45) is 3.29. The number of hydrogen-bond donors (Lipinski definition) is 2. The molecule has 1 fully saturated rings. The van der Waals surface area contributed by atoms with Crippen LogP contribution in [0.15, 0.2) is 72.4 Å². The summed E-state index contributed by atoms with van der Waals surface area (Å²) < 4.78 is 34.2. The Bertz CT molecular complexity index is 1400. The van der Waals surface area contributed by atoms with E-state index >= 15 is 0 Å². The van der Waals surface area contributed by atoms with Crippen molar-refractivity contribution in [3.05, 3.63) is 95.2 Å². The maximum Gasteiger partial charge on any atom is 0.142 e. The second-order valence-electron chi connectivity index (χ2n) is 11.4. The maximum atomic E-state index is 14.1. The third-order valence-electron chi connectivity index (χ3n) is 8.08. The molecule has 0 amide bonds. The van der Waals surface area contributed by atoms with Crippen LogP contribution in [-0.4, -0.2) is 62.9 Å². The van der Waals surface area contributed by atoms with Gasteiger partial charge >= 0.3 is 0 Å². The molecule has 0 bridgehead atoms. The molecule has 0 saturated carbocycles. The Kier molecular flexibility index (Phi) is 8.48. The first-order valence-corrected chi connectivity index (χ1v) is 14.8. The molecule has 42 heavy (non-hydrogen) atoms. The summed E-state index contributed by atoms with van der Waals surface area (Å²) in [5.41, 5.74) is 8.66. The Hall–Kier alpha value is -3.82. The Labute approximate surface area is 246 Å². The average molecular weight is 576 g/mol. The maximum absolute atomic E-state index is 14.1. The average Bonchev–Trinajstić information content (AvgIpc) is 3.60. The number of rotatable bonds is 10. The van der Waals surface area contributed by atoms with E-state index in [4.69, 9.17) is 9.57 Å². The van der Waals surface area contributed by atoms with Gasteiger partial charge in [-0.25, -0.2) is 8.78 Å². The summed E-state index contributed by atoms with van der Waals surface area (Å²) in [6, 6.07) is 18.4. The molecule has 7 nitrogen and oxygen atoms in total. The monoisotopic (exact) mass is 575 g/mol. The fourth-order valence-electron chi connectivity index (χ4n) is 5.93. The molecule has 3 aliphatic rings. The van der Waals surface area contributed by atoms with Crippen molar-refractivity contribution in [3.8, 4) is 5.75 Å². The van der Waals surface area contributed by atoms with Crippen LogP contribution in [0.1, 0.15) is 25.0 Å². The summed E-state index contributed by atoms with van der Waals surface area (Å²) in [6.45, 7) is 10.5. The van der Waals surface area contributed by atoms with E-state index in [1.165, 1.54) is 23.8 Å². The lowest BCUT2D eigenvalue weighted by atomic mass is 10.1. The van der Waals surface area contributed by atoms with Crippen LogP contribution in [0.25, 0.3) is 0 Å². The number of fused-ring (bicyclic) bond motifs is 1. The molecule has 3 aromatic carbocycles. The highest BCUT2D eigenvalue weighted by Crippen LogP contribution is 2.33. The van der Waals surface area contributed by atoms with E-state index in [-0.39, 0.29) is 24.3 Å². The van der Waals surface area contributed by atoms with Gasteiger partial charge in [-0.1, -0.05) is 24.3 Å². The minimum atomic E-state index is -0.539. The predicted molar refractivity (Wildman–Crippen MR) is 163 cm³/mol. The topological polar surface area (TPSA) is 52.2 Å². The highest BCUT2D eigenvalue weighted by molar-refractivity contribution is 5.66. The van der Waals surface area contributed by atoms with Crippen molar-refractivity contribution in [2.24, 2.45) is 0 Å². The van der Waals surface area contributed by atoms with Crippen molar-refractivity contribution in [1.82, 2.24) is 10.4 Å². The molecule has 3 aromatic rings. The number of hydroxylamine groups is 1. The van der Waals surface area contributed by atoms with Crippen molar-refractivity contribution < 1.29 is 18.4 Å². The van der Waals surface area contributed by atoms with Gasteiger partial charge in [0.05, 0.1) is 24.0 Å². The number of nitrogens with one attached hydrogen (secondary N) is 2. The Morgan fingerprint density at radius 3 is 2.52 bits per heavy atom. The molecule has 222 valence electrons. The van der Waals surface area contributed by atoms with E-state index in [1.54, 1.807) is 0 Å². The van der Waals surface area contributed by atoms with Crippen LogP contribution >= 0.6 is 0 Å². The van der Waals surface area contributed by atoms with E-state index in [1.807, 2.05) is 12.1 Å². The van der Waals surface area contributed by atoms with E-state index in [0.29, 0.717) is 0 Å². The second-order valence-corrected chi connectivity index (χ2v) is 11.4. The van der Waals surface area contributed by atoms with Crippen LogP contribution in [0.3, 0.4) is 0 Å². The van der Waals surface area contributed by atoms with Crippen LogP contribution in [0, 0.1) is 11.6 Å². The quantitative estimate of drug-likeness (QED) is 0.339. The lowest BCUT2D eigenvalue weighted by Crippen LogP contribution is -2.48. The van der Waals surface area contributed by atoms with Crippen molar-refractivity contribution in [3.63, 3.8) is 0 Å². The Morgan fingerprint density at radius 2 is 1.74 bits per heavy atom. The van der Waals surface area contributed by atoms with Crippen LogP contribution in [0.5, 0.6) is 5.75 Å². The zero-order valence-electron chi connectivity index (χ0n) is 24.3. The first-order chi connectivity index (χ1) is 20.4. The van der Waals surface area contributed by atoms with Crippen molar-refractivity contribution in [1.29, 1.82) is 0 Å². The van der Waals surface area contributed by atoms with Gasteiger partial charge in [0.2, 0.25) is 0 Å². The molecule has 9 heteroatoms. The third-order valence-corrected chi connectivity index (χ3v) is 8.08. The molecular formula is C33H39F2N5O2. The molecule has 6 rings (SSSR count). The lowest BCUT2D eigenvalue weighted by Gasteiger charge is -2.37. The Morgan fingerprint density at radius 1 is 0.952 bits per heavy atom. The number of piperazine rings is 1. The highest BCUT2D eigenvalue weighted by Gasteiger charge is 2.27. The zero-order valence-corrected chi connectivity index (χ0v) is 24.3. The summed E-state index contributed by atoms with van der Waals surface area (Å²) >= 11 is 0.